The van der Waals surface area contributed by atoms with Crippen molar-refractivity contribution in [1.82, 2.24) is 4.90 Å². The molecule has 2 rings (SSSR count). The van der Waals surface area contributed by atoms with Gasteiger partial charge >= 0.3 is 0 Å². The van der Waals surface area contributed by atoms with E-state index in [9.17, 15) is 0 Å². The van der Waals surface area contributed by atoms with Gasteiger partial charge in [0.2, 0.25) is 0 Å². The van der Waals surface area contributed by atoms with E-state index in [4.69, 9.17) is 23.1 Å². The quantitative estimate of drug-likeness (QED) is 0.328. The van der Waals surface area contributed by atoms with Gasteiger partial charge in [0.25, 0.3) is 0 Å². The standard InChI is InChI=1S/C14H22ClN5.HI/c15-12-4-1-2-5-13(12)20-10-8-19(9-11-20)7-3-6-18-14(16)17;/h1-2,4-5H,3,6-11H2,(H4,16,17,18);1H. The highest BCUT2D eigenvalue weighted by Gasteiger charge is 2.17. The van der Waals surface area contributed by atoms with Gasteiger partial charge in [0.05, 0.1) is 10.7 Å². The van der Waals surface area contributed by atoms with E-state index < -0.39 is 0 Å². The monoisotopic (exact) mass is 423 g/mol. The van der Waals surface area contributed by atoms with Crippen LogP contribution in [0.3, 0.4) is 0 Å². The lowest BCUT2D eigenvalue weighted by Crippen LogP contribution is -2.46. The highest BCUT2D eigenvalue weighted by atomic mass is 127. The summed E-state index contributed by atoms with van der Waals surface area (Å²) in [5.41, 5.74) is 11.7. The van der Waals surface area contributed by atoms with Crippen molar-refractivity contribution in [3.05, 3.63) is 29.3 Å². The van der Waals surface area contributed by atoms with Gasteiger partial charge < -0.3 is 16.4 Å². The number of nitrogens with zero attached hydrogens (tertiary/aromatic N) is 3. The van der Waals surface area contributed by atoms with E-state index in [1.165, 1.54) is 0 Å². The van der Waals surface area contributed by atoms with Crippen LogP contribution >= 0.6 is 35.6 Å². The van der Waals surface area contributed by atoms with Crippen LogP contribution in [0, 0.1) is 0 Å². The summed E-state index contributed by atoms with van der Waals surface area (Å²) in [5.74, 6) is 0.175. The highest BCUT2D eigenvalue weighted by molar-refractivity contribution is 14.0. The van der Waals surface area contributed by atoms with Crippen LogP contribution in [0.15, 0.2) is 29.3 Å². The Labute approximate surface area is 148 Å². The molecular weight excluding hydrogens is 401 g/mol. The maximum atomic E-state index is 6.23. The SMILES string of the molecule is I.NC(N)=NCCCN1CCN(c2ccccc2Cl)CC1. The second kappa shape index (κ2) is 9.32. The van der Waals surface area contributed by atoms with E-state index in [-0.39, 0.29) is 29.9 Å². The molecule has 0 radical (unpaired) electrons. The van der Waals surface area contributed by atoms with E-state index in [1.807, 2.05) is 18.2 Å². The van der Waals surface area contributed by atoms with Crippen molar-refractivity contribution >= 4 is 47.2 Å². The maximum absolute atomic E-state index is 6.23. The van der Waals surface area contributed by atoms with Crippen LogP contribution in [0.5, 0.6) is 0 Å². The first-order valence-corrected chi connectivity index (χ1v) is 7.32. The number of guanidine groups is 1. The Bertz CT molecular complexity index is 456. The Hall–Kier alpha value is -0.730. The van der Waals surface area contributed by atoms with E-state index in [2.05, 4.69) is 20.9 Å². The summed E-state index contributed by atoms with van der Waals surface area (Å²) >= 11 is 6.23. The second-order valence-electron chi connectivity index (χ2n) is 4.94. The Morgan fingerprint density at radius 3 is 2.43 bits per heavy atom. The van der Waals surface area contributed by atoms with E-state index in [1.54, 1.807) is 0 Å². The third kappa shape index (κ3) is 5.88. The molecule has 0 bridgehead atoms. The molecule has 7 heteroatoms. The van der Waals surface area contributed by atoms with Gasteiger partial charge in [-0.05, 0) is 18.6 Å². The molecular formula is C14H23ClIN5. The fourth-order valence-corrected chi connectivity index (χ4v) is 2.68. The largest absolute Gasteiger partial charge is 0.370 e. The number of piperazine rings is 1. The van der Waals surface area contributed by atoms with Gasteiger partial charge in [0, 0.05) is 39.3 Å². The molecule has 4 N–H and O–H groups in total. The van der Waals surface area contributed by atoms with Crippen LogP contribution in [-0.4, -0.2) is 50.1 Å². The third-order valence-electron chi connectivity index (χ3n) is 3.49. The first-order valence-electron chi connectivity index (χ1n) is 6.94. The van der Waals surface area contributed by atoms with Crippen molar-refractivity contribution in [3.63, 3.8) is 0 Å². The normalized spacial score (nSPS) is 15.4. The second-order valence-corrected chi connectivity index (χ2v) is 5.35. The Balaban J connectivity index is 0.00000220. The molecule has 0 saturated carbocycles. The molecule has 0 amide bonds. The maximum Gasteiger partial charge on any atom is 0.185 e. The molecule has 1 aromatic carbocycles. The molecule has 0 spiro atoms. The average molecular weight is 424 g/mol. The minimum Gasteiger partial charge on any atom is -0.370 e. The Morgan fingerprint density at radius 2 is 1.81 bits per heavy atom. The van der Waals surface area contributed by atoms with Crippen LogP contribution in [0.2, 0.25) is 5.02 Å². The first kappa shape index (κ1) is 18.3. The number of nitrogens with two attached hydrogens (primary N) is 2. The molecule has 1 heterocycles. The summed E-state index contributed by atoms with van der Waals surface area (Å²) in [6.45, 7) is 5.85. The lowest BCUT2D eigenvalue weighted by Gasteiger charge is -2.36. The summed E-state index contributed by atoms with van der Waals surface area (Å²) in [7, 11) is 0. The van der Waals surface area contributed by atoms with Crippen LogP contribution in [-0.2, 0) is 0 Å². The smallest absolute Gasteiger partial charge is 0.185 e. The summed E-state index contributed by atoms with van der Waals surface area (Å²) in [5, 5.41) is 0.828. The van der Waals surface area contributed by atoms with E-state index in [0.717, 1.165) is 49.9 Å². The average Bonchev–Trinajstić information content (AvgIpc) is 2.45. The Kier molecular flexibility index (Phi) is 8.13. The minimum absolute atomic E-state index is 0. The van der Waals surface area contributed by atoms with Gasteiger partial charge in [-0.25, -0.2) is 0 Å². The van der Waals surface area contributed by atoms with Crippen molar-refractivity contribution in [2.45, 2.75) is 6.42 Å². The zero-order chi connectivity index (χ0) is 14.4. The van der Waals surface area contributed by atoms with Gasteiger partial charge in [0.15, 0.2) is 5.96 Å². The molecule has 1 aliphatic rings. The summed E-state index contributed by atoms with van der Waals surface area (Å²) in [6.07, 6.45) is 0.990. The van der Waals surface area contributed by atoms with Crippen molar-refractivity contribution in [2.75, 3.05) is 44.2 Å². The first-order chi connectivity index (χ1) is 9.66. The zero-order valence-electron chi connectivity index (χ0n) is 12.0. The summed E-state index contributed by atoms with van der Waals surface area (Å²) in [4.78, 5) is 8.78. The van der Waals surface area contributed by atoms with E-state index >= 15 is 0 Å². The fraction of sp³-hybridized carbons (Fsp3) is 0.500. The molecule has 0 atom stereocenters. The molecule has 118 valence electrons. The fourth-order valence-electron chi connectivity index (χ4n) is 2.42. The van der Waals surface area contributed by atoms with Crippen LogP contribution < -0.4 is 16.4 Å². The lowest BCUT2D eigenvalue weighted by molar-refractivity contribution is 0.256. The lowest BCUT2D eigenvalue weighted by atomic mass is 10.2. The Morgan fingerprint density at radius 1 is 1.14 bits per heavy atom. The topological polar surface area (TPSA) is 70.9 Å². The number of benzene rings is 1. The molecule has 1 aromatic rings. The van der Waals surface area contributed by atoms with Crippen LogP contribution in [0.25, 0.3) is 0 Å². The van der Waals surface area contributed by atoms with Gasteiger partial charge in [0.1, 0.15) is 0 Å². The molecule has 0 aliphatic carbocycles. The molecule has 21 heavy (non-hydrogen) atoms. The van der Waals surface area contributed by atoms with Crippen molar-refractivity contribution in [1.29, 1.82) is 0 Å². The van der Waals surface area contributed by atoms with Gasteiger partial charge in [-0.3, -0.25) is 9.89 Å². The molecule has 5 nitrogen and oxygen atoms in total. The number of rotatable bonds is 5. The molecule has 1 aliphatic heterocycles. The van der Waals surface area contributed by atoms with Gasteiger partial charge in [-0.1, -0.05) is 23.7 Å². The molecule has 0 aromatic heterocycles. The van der Waals surface area contributed by atoms with Gasteiger partial charge in [-0.15, -0.1) is 24.0 Å². The molecule has 1 fully saturated rings. The van der Waals surface area contributed by atoms with E-state index in [0.29, 0.717) is 6.54 Å². The highest BCUT2D eigenvalue weighted by Crippen LogP contribution is 2.25. The number of anilines is 1. The van der Waals surface area contributed by atoms with Crippen molar-refractivity contribution in [2.24, 2.45) is 16.5 Å². The zero-order valence-corrected chi connectivity index (χ0v) is 15.1. The number of para-hydroxylation sites is 1. The minimum atomic E-state index is 0. The van der Waals surface area contributed by atoms with Crippen molar-refractivity contribution in [3.8, 4) is 0 Å². The van der Waals surface area contributed by atoms with Crippen molar-refractivity contribution < 1.29 is 0 Å². The third-order valence-corrected chi connectivity index (χ3v) is 3.81. The summed E-state index contributed by atoms with van der Waals surface area (Å²) < 4.78 is 0. The number of hydrogen-bond donors (Lipinski definition) is 2. The van der Waals surface area contributed by atoms with Crippen LogP contribution in [0.1, 0.15) is 6.42 Å². The molecule has 1 saturated heterocycles. The van der Waals surface area contributed by atoms with Crippen LogP contribution in [0.4, 0.5) is 5.69 Å². The number of aliphatic imine (C=N–C) groups is 1. The predicted octanol–water partition coefficient (Wildman–Crippen LogP) is 1.74. The number of halogens is 2. The van der Waals surface area contributed by atoms with Gasteiger partial charge in [-0.2, -0.15) is 0 Å². The molecule has 0 unspecified atom stereocenters. The summed E-state index contributed by atoms with van der Waals surface area (Å²) in [6, 6.07) is 8.02. The predicted molar refractivity (Wildman–Crippen MR) is 101 cm³/mol. The number of hydrogen-bond acceptors (Lipinski definition) is 3.